The van der Waals surface area contributed by atoms with Crippen molar-refractivity contribution in [1.29, 1.82) is 0 Å². The summed E-state index contributed by atoms with van der Waals surface area (Å²) in [6, 6.07) is 4.07. The number of esters is 2. The molecule has 11 heteroatoms. The van der Waals surface area contributed by atoms with Gasteiger partial charge in [0.1, 0.15) is 17.7 Å². The second kappa shape index (κ2) is 13.1. The molecule has 0 saturated heterocycles. The Hall–Kier alpha value is -3.53. The van der Waals surface area contributed by atoms with Gasteiger partial charge in [-0.15, -0.1) is 0 Å². The first kappa shape index (κ1) is 28.0. The summed E-state index contributed by atoms with van der Waals surface area (Å²) in [5.74, 6) is -0.368. The number of allylic oxidation sites excluding steroid dienone is 2. The van der Waals surface area contributed by atoms with Crippen LogP contribution in [0.4, 0.5) is 0 Å². The summed E-state index contributed by atoms with van der Waals surface area (Å²) >= 11 is 6.48. The molecule has 1 aromatic rings. The van der Waals surface area contributed by atoms with E-state index in [-0.39, 0.29) is 26.1 Å². The standard InChI is InChI=1S/C26H34ClN5O5/c1-3-36-23(33)10-9-21(26(35)37-4-2)31-25(34)17-8-7-16(19(27)14-17)6-5-12-32-13-11-20-18(24(32)29)15-22(28)30-20/h7-8,14-15,21H,3-6,9-13,28-29H2,1-2H3,(H,31,34)/t21-/m0/s1. The van der Waals surface area contributed by atoms with Crippen LogP contribution in [0.3, 0.4) is 0 Å². The summed E-state index contributed by atoms with van der Waals surface area (Å²) in [5.41, 5.74) is 15.2. The molecule has 0 aliphatic carbocycles. The minimum Gasteiger partial charge on any atom is -0.466 e. The molecule has 2 aliphatic heterocycles. The lowest BCUT2D eigenvalue weighted by Gasteiger charge is -2.30. The Balaban J connectivity index is 1.57. The smallest absolute Gasteiger partial charge is 0.328 e. The van der Waals surface area contributed by atoms with Gasteiger partial charge in [0.25, 0.3) is 5.91 Å². The van der Waals surface area contributed by atoms with Crippen LogP contribution >= 0.6 is 11.6 Å². The summed E-state index contributed by atoms with van der Waals surface area (Å²) in [7, 11) is 0. The lowest BCUT2D eigenvalue weighted by atomic mass is 10.0. The molecule has 3 rings (SSSR count). The van der Waals surface area contributed by atoms with E-state index in [1.807, 2.05) is 0 Å². The van der Waals surface area contributed by atoms with Gasteiger partial charge in [-0.2, -0.15) is 0 Å². The Morgan fingerprint density at radius 3 is 2.65 bits per heavy atom. The molecule has 2 aliphatic rings. The zero-order chi connectivity index (χ0) is 26.9. The lowest BCUT2D eigenvalue weighted by Crippen LogP contribution is -2.42. The van der Waals surface area contributed by atoms with Crippen LogP contribution < -0.4 is 16.8 Å². The predicted octanol–water partition coefficient (Wildman–Crippen LogP) is 2.41. The van der Waals surface area contributed by atoms with Gasteiger partial charge in [-0.05, 0) is 56.9 Å². The highest BCUT2D eigenvalue weighted by Gasteiger charge is 2.26. The Kier molecular flexibility index (Phi) is 9.96. The quantitative estimate of drug-likeness (QED) is 0.348. The van der Waals surface area contributed by atoms with Crippen LogP contribution in [0.2, 0.25) is 5.02 Å². The Morgan fingerprint density at radius 1 is 1.19 bits per heavy atom. The molecule has 5 N–H and O–H groups in total. The molecular weight excluding hydrogens is 498 g/mol. The van der Waals surface area contributed by atoms with Gasteiger partial charge in [-0.1, -0.05) is 17.7 Å². The van der Waals surface area contributed by atoms with Crippen LogP contribution in [-0.2, 0) is 25.5 Å². The van der Waals surface area contributed by atoms with Crippen LogP contribution in [0, 0.1) is 0 Å². The third kappa shape index (κ3) is 7.48. The van der Waals surface area contributed by atoms with Crippen molar-refractivity contribution in [2.45, 2.75) is 52.0 Å². The summed E-state index contributed by atoms with van der Waals surface area (Å²) in [6.07, 6.45) is 4.16. The first-order valence-electron chi connectivity index (χ1n) is 12.4. The average Bonchev–Trinajstić information content (AvgIpc) is 3.25. The van der Waals surface area contributed by atoms with Gasteiger partial charge in [0.2, 0.25) is 0 Å². The molecule has 0 saturated carbocycles. The van der Waals surface area contributed by atoms with Gasteiger partial charge in [0.05, 0.1) is 18.9 Å². The Morgan fingerprint density at radius 2 is 1.95 bits per heavy atom. The number of aliphatic imine (C=N–C) groups is 1. The van der Waals surface area contributed by atoms with Crippen LogP contribution in [0.1, 0.15) is 55.5 Å². The van der Waals surface area contributed by atoms with Crippen LogP contribution in [0.15, 0.2) is 46.5 Å². The summed E-state index contributed by atoms with van der Waals surface area (Å²) in [5, 5.41) is 3.10. The number of amides is 1. The second-order valence-electron chi connectivity index (χ2n) is 8.70. The second-order valence-corrected chi connectivity index (χ2v) is 9.10. The highest BCUT2D eigenvalue weighted by molar-refractivity contribution is 6.31. The number of rotatable bonds is 12. The molecule has 37 heavy (non-hydrogen) atoms. The van der Waals surface area contributed by atoms with E-state index in [2.05, 4.69) is 15.2 Å². The zero-order valence-corrected chi connectivity index (χ0v) is 22.0. The Labute approximate surface area is 221 Å². The number of carbonyl (C=O) groups is 3. The van der Waals surface area contributed by atoms with E-state index in [1.54, 1.807) is 38.1 Å². The Bertz CT molecular complexity index is 1130. The number of aryl methyl sites for hydroxylation is 1. The van der Waals surface area contributed by atoms with E-state index >= 15 is 0 Å². The van der Waals surface area contributed by atoms with Crippen molar-refractivity contribution < 1.29 is 23.9 Å². The minimum absolute atomic E-state index is 0.0205. The fourth-order valence-electron chi connectivity index (χ4n) is 4.24. The number of halogens is 1. The molecule has 0 unspecified atom stereocenters. The molecule has 0 aromatic heterocycles. The number of fused-ring (bicyclic) bond motifs is 1. The van der Waals surface area contributed by atoms with Gasteiger partial charge in [-0.3, -0.25) is 9.59 Å². The van der Waals surface area contributed by atoms with Crippen molar-refractivity contribution in [3.05, 3.63) is 57.6 Å². The van der Waals surface area contributed by atoms with Crippen LogP contribution in [0.25, 0.3) is 0 Å². The molecular formula is C26H34ClN5O5. The maximum atomic E-state index is 12.8. The van der Waals surface area contributed by atoms with Crippen molar-refractivity contribution in [2.24, 2.45) is 16.5 Å². The number of nitrogens with one attached hydrogen (secondary N) is 1. The van der Waals surface area contributed by atoms with Gasteiger partial charge in [0.15, 0.2) is 0 Å². The summed E-state index contributed by atoms with van der Waals surface area (Å²) in [4.78, 5) is 43.3. The van der Waals surface area contributed by atoms with Crippen molar-refractivity contribution in [3.63, 3.8) is 0 Å². The van der Waals surface area contributed by atoms with Gasteiger partial charge < -0.3 is 31.2 Å². The molecule has 2 heterocycles. The molecule has 1 atom stereocenters. The molecule has 0 fully saturated rings. The fourth-order valence-corrected chi connectivity index (χ4v) is 4.51. The highest BCUT2D eigenvalue weighted by atomic mass is 35.5. The number of benzene rings is 1. The maximum Gasteiger partial charge on any atom is 0.328 e. The van der Waals surface area contributed by atoms with Crippen molar-refractivity contribution >= 4 is 35.2 Å². The molecule has 0 radical (unpaired) electrons. The van der Waals surface area contributed by atoms with Crippen LogP contribution in [0.5, 0.6) is 0 Å². The number of nitrogens with zero attached hydrogens (tertiary/aromatic N) is 2. The molecule has 0 bridgehead atoms. The highest BCUT2D eigenvalue weighted by Crippen LogP contribution is 2.25. The maximum absolute atomic E-state index is 12.8. The fraction of sp³-hybridized carbons (Fsp3) is 0.462. The zero-order valence-electron chi connectivity index (χ0n) is 21.2. The predicted molar refractivity (Wildman–Crippen MR) is 141 cm³/mol. The third-order valence-electron chi connectivity index (χ3n) is 6.11. The van der Waals surface area contributed by atoms with Gasteiger partial charge >= 0.3 is 11.9 Å². The topological polar surface area (TPSA) is 149 Å². The first-order valence-corrected chi connectivity index (χ1v) is 12.8. The SMILES string of the molecule is CCOC(=O)CC[C@H](NC(=O)c1ccc(CCCN2CCC3=NC(N)=CC3=C2N)c(Cl)c1)C(=O)OCC. The van der Waals surface area contributed by atoms with E-state index in [4.69, 9.17) is 32.5 Å². The largest absolute Gasteiger partial charge is 0.466 e. The van der Waals surface area contributed by atoms with Crippen molar-refractivity contribution in [3.8, 4) is 0 Å². The van der Waals surface area contributed by atoms with Crippen LogP contribution in [-0.4, -0.2) is 60.8 Å². The number of carbonyl (C=O) groups excluding carboxylic acids is 3. The monoisotopic (exact) mass is 531 g/mol. The van der Waals surface area contributed by atoms with E-state index < -0.39 is 23.9 Å². The number of hydrogen-bond acceptors (Lipinski definition) is 9. The summed E-state index contributed by atoms with van der Waals surface area (Å²) in [6.45, 7) is 5.29. The summed E-state index contributed by atoms with van der Waals surface area (Å²) < 4.78 is 9.95. The number of ether oxygens (including phenoxy) is 2. The van der Waals surface area contributed by atoms with Gasteiger partial charge in [0, 0.05) is 42.1 Å². The molecule has 1 amide bonds. The first-order chi connectivity index (χ1) is 17.7. The molecule has 0 spiro atoms. The molecule has 10 nitrogen and oxygen atoms in total. The van der Waals surface area contributed by atoms with E-state index in [0.717, 1.165) is 42.8 Å². The van der Waals surface area contributed by atoms with E-state index in [0.29, 0.717) is 28.6 Å². The van der Waals surface area contributed by atoms with Crippen molar-refractivity contribution in [1.82, 2.24) is 10.2 Å². The van der Waals surface area contributed by atoms with E-state index in [1.165, 1.54) is 0 Å². The van der Waals surface area contributed by atoms with Gasteiger partial charge in [-0.25, -0.2) is 9.79 Å². The van der Waals surface area contributed by atoms with E-state index in [9.17, 15) is 14.4 Å². The minimum atomic E-state index is -0.977. The number of nitrogens with two attached hydrogens (primary N) is 2. The van der Waals surface area contributed by atoms with Crippen molar-refractivity contribution in [2.75, 3.05) is 26.3 Å². The lowest BCUT2D eigenvalue weighted by molar-refractivity contribution is -0.146. The average molecular weight is 532 g/mol. The molecule has 1 aromatic carbocycles. The normalized spacial score (nSPS) is 15.5. The molecule has 200 valence electrons. The number of hydrogen-bond donors (Lipinski definition) is 3. The third-order valence-corrected chi connectivity index (χ3v) is 6.46.